The Morgan fingerprint density at radius 1 is 1.60 bits per heavy atom. The highest BCUT2D eigenvalue weighted by Gasteiger charge is 2.36. The fraction of sp³-hybridized carbons (Fsp3) is 0.545. The third kappa shape index (κ3) is 2.82. The van der Waals surface area contributed by atoms with Gasteiger partial charge in [-0.15, -0.1) is 0 Å². The van der Waals surface area contributed by atoms with Crippen LogP contribution in [0.2, 0.25) is 0 Å². The molecular weight excluding hydrogens is 348 g/mol. The van der Waals surface area contributed by atoms with E-state index in [2.05, 4.69) is 26.3 Å². The second kappa shape index (κ2) is 5.94. The second-order valence-corrected chi connectivity index (χ2v) is 7.48. The predicted octanol–water partition coefficient (Wildman–Crippen LogP) is 0.928. The number of sulfonamides is 1. The number of nitrogen functional groups attached to an aromatic ring is 1. The zero-order valence-corrected chi connectivity index (χ0v) is 13.6. The van der Waals surface area contributed by atoms with Crippen LogP contribution in [0.4, 0.5) is 5.82 Å². The lowest BCUT2D eigenvalue weighted by Gasteiger charge is -2.26. The fourth-order valence-electron chi connectivity index (χ4n) is 2.26. The van der Waals surface area contributed by atoms with Crippen LogP contribution in [0.1, 0.15) is 13.3 Å². The third-order valence-corrected chi connectivity index (χ3v) is 5.75. The quantitative estimate of drug-likeness (QED) is 0.609. The molecule has 0 radical (unpaired) electrons. The lowest BCUT2D eigenvalue weighted by atomic mass is 10.2. The molecule has 9 heteroatoms. The number of halogens is 1. The van der Waals surface area contributed by atoms with Crippen molar-refractivity contribution in [2.75, 3.05) is 19.1 Å². The molecular formula is C11H17BrN4O3S. The van der Waals surface area contributed by atoms with Gasteiger partial charge >= 0.3 is 0 Å². The number of hydrazine groups is 1. The molecule has 20 heavy (non-hydrogen) atoms. The van der Waals surface area contributed by atoms with Crippen LogP contribution in [0, 0.1) is 0 Å². The van der Waals surface area contributed by atoms with Gasteiger partial charge in [0.05, 0.1) is 12.1 Å². The van der Waals surface area contributed by atoms with E-state index in [0.29, 0.717) is 17.5 Å². The van der Waals surface area contributed by atoms with Gasteiger partial charge in [-0.05, 0) is 35.3 Å². The van der Waals surface area contributed by atoms with Gasteiger partial charge in [-0.3, -0.25) is 0 Å². The largest absolute Gasteiger partial charge is 0.377 e. The molecule has 1 saturated heterocycles. The van der Waals surface area contributed by atoms with Gasteiger partial charge in [0.2, 0.25) is 10.0 Å². The number of anilines is 1. The number of nitrogens with two attached hydrogens (primary N) is 1. The van der Waals surface area contributed by atoms with Gasteiger partial charge in [0, 0.05) is 24.3 Å². The Balaban J connectivity index is 2.42. The van der Waals surface area contributed by atoms with E-state index >= 15 is 0 Å². The predicted molar refractivity (Wildman–Crippen MR) is 78.5 cm³/mol. The summed E-state index contributed by atoms with van der Waals surface area (Å²) in [4.78, 5) is 4.01. The first-order valence-corrected chi connectivity index (χ1v) is 8.33. The summed E-state index contributed by atoms with van der Waals surface area (Å²) >= 11 is 3.22. The van der Waals surface area contributed by atoms with Crippen LogP contribution < -0.4 is 11.3 Å². The van der Waals surface area contributed by atoms with Crippen molar-refractivity contribution in [1.29, 1.82) is 0 Å². The number of ether oxygens (including phenoxy) is 1. The van der Waals surface area contributed by atoms with Crippen molar-refractivity contribution in [1.82, 2.24) is 9.29 Å². The molecule has 1 aromatic rings. The minimum absolute atomic E-state index is 0.0379. The summed E-state index contributed by atoms with van der Waals surface area (Å²) in [6.07, 6.45) is 2.02. The van der Waals surface area contributed by atoms with Crippen molar-refractivity contribution >= 4 is 31.8 Å². The van der Waals surface area contributed by atoms with Crippen LogP contribution in [-0.2, 0) is 14.8 Å². The zero-order chi connectivity index (χ0) is 14.9. The van der Waals surface area contributed by atoms with Gasteiger partial charge in [0.15, 0.2) is 5.82 Å². The van der Waals surface area contributed by atoms with E-state index in [1.165, 1.54) is 16.6 Å². The van der Waals surface area contributed by atoms with Crippen molar-refractivity contribution in [3.63, 3.8) is 0 Å². The van der Waals surface area contributed by atoms with Crippen LogP contribution in [0.25, 0.3) is 0 Å². The molecule has 0 aromatic carbocycles. The molecule has 1 aliphatic rings. The Morgan fingerprint density at radius 2 is 2.30 bits per heavy atom. The molecule has 0 aliphatic carbocycles. The minimum atomic E-state index is -3.70. The van der Waals surface area contributed by atoms with E-state index in [0.717, 1.165) is 0 Å². The number of rotatable bonds is 4. The molecule has 2 atom stereocenters. The highest BCUT2D eigenvalue weighted by Crippen LogP contribution is 2.29. The van der Waals surface area contributed by atoms with E-state index < -0.39 is 10.0 Å². The average molecular weight is 365 g/mol. The monoisotopic (exact) mass is 364 g/mol. The molecule has 2 rings (SSSR count). The Labute approximate surface area is 126 Å². The summed E-state index contributed by atoms with van der Waals surface area (Å²) in [5.41, 5.74) is 2.32. The first kappa shape index (κ1) is 15.6. The maximum absolute atomic E-state index is 12.7. The number of hydrogen-bond acceptors (Lipinski definition) is 6. The van der Waals surface area contributed by atoms with Crippen LogP contribution in [-0.4, -0.2) is 43.5 Å². The van der Waals surface area contributed by atoms with Crippen LogP contribution >= 0.6 is 15.9 Å². The maximum Gasteiger partial charge on any atom is 0.246 e. The Bertz CT molecular complexity index is 595. The Kier molecular flexibility index (Phi) is 4.65. The maximum atomic E-state index is 12.7. The van der Waals surface area contributed by atoms with Crippen LogP contribution in [0.5, 0.6) is 0 Å². The summed E-state index contributed by atoms with van der Waals surface area (Å²) in [5.74, 6) is 5.46. The third-order valence-electron chi connectivity index (χ3n) is 3.42. The molecule has 7 nitrogen and oxygen atoms in total. The molecule has 0 saturated carbocycles. The molecule has 3 N–H and O–H groups in total. The molecule has 1 aliphatic heterocycles. The number of nitrogens with zero attached hydrogens (tertiary/aromatic N) is 2. The second-order valence-electron chi connectivity index (χ2n) is 4.60. The number of hydrogen-bond donors (Lipinski definition) is 2. The standard InChI is InChI=1S/C11H17BrN4O3S/c1-7-9(3-4-19-7)16(2)20(17,18)10-5-8(12)6-14-11(10)15-13/h5-7,9H,3-4,13H2,1-2H3,(H,14,15). The molecule has 112 valence electrons. The normalized spacial score (nSPS) is 23.2. The Morgan fingerprint density at radius 3 is 2.85 bits per heavy atom. The van der Waals surface area contributed by atoms with Gasteiger partial charge in [0.25, 0.3) is 0 Å². The lowest BCUT2D eigenvalue weighted by Crippen LogP contribution is -2.41. The SMILES string of the molecule is CC1OCCC1N(C)S(=O)(=O)c1cc(Br)cnc1NN. The zero-order valence-electron chi connectivity index (χ0n) is 11.2. The summed E-state index contributed by atoms with van der Waals surface area (Å²) in [7, 11) is -2.15. The van der Waals surface area contributed by atoms with Gasteiger partial charge in [0.1, 0.15) is 4.90 Å². The van der Waals surface area contributed by atoms with Crippen LogP contribution in [0.15, 0.2) is 21.6 Å². The number of nitrogens with one attached hydrogen (secondary N) is 1. The summed E-state index contributed by atoms with van der Waals surface area (Å²) in [6, 6.07) is 1.29. The molecule has 2 heterocycles. The minimum Gasteiger partial charge on any atom is -0.377 e. The first-order valence-electron chi connectivity index (χ1n) is 6.09. The summed E-state index contributed by atoms with van der Waals surface area (Å²) < 4.78 is 32.7. The van der Waals surface area contributed by atoms with Crippen molar-refractivity contribution in [2.24, 2.45) is 5.84 Å². The van der Waals surface area contributed by atoms with Gasteiger partial charge in [-0.2, -0.15) is 4.31 Å². The van der Waals surface area contributed by atoms with Crippen LogP contribution in [0.3, 0.4) is 0 Å². The molecule has 0 amide bonds. The molecule has 2 unspecified atom stereocenters. The summed E-state index contributed by atoms with van der Waals surface area (Å²) in [5, 5.41) is 0. The van der Waals surface area contributed by atoms with Gasteiger partial charge in [-0.1, -0.05) is 0 Å². The first-order chi connectivity index (χ1) is 9.37. The molecule has 1 aromatic heterocycles. The van der Waals surface area contributed by atoms with Crippen molar-refractivity contribution in [3.05, 3.63) is 16.7 Å². The van der Waals surface area contributed by atoms with Crippen molar-refractivity contribution in [2.45, 2.75) is 30.4 Å². The van der Waals surface area contributed by atoms with E-state index in [-0.39, 0.29) is 22.9 Å². The molecule has 0 spiro atoms. The lowest BCUT2D eigenvalue weighted by molar-refractivity contribution is 0.102. The van der Waals surface area contributed by atoms with Crippen molar-refractivity contribution in [3.8, 4) is 0 Å². The van der Waals surface area contributed by atoms with E-state index in [1.807, 2.05) is 6.92 Å². The number of pyridine rings is 1. The van der Waals surface area contributed by atoms with E-state index in [4.69, 9.17) is 10.6 Å². The highest BCUT2D eigenvalue weighted by molar-refractivity contribution is 9.10. The van der Waals surface area contributed by atoms with Crippen molar-refractivity contribution < 1.29 is 13.2 Å². The summed E-state index contributed by atoms with van der Waals surface area (Å²) in [6.45, 7) is 2.43. The number of likely N-dealkylation sites (N-methyl/N-ethyl adjacent to an activating group) is 1. The smallest absolute Gasteiger partial charge is 0.246 e. The van der Waals surface area contributed by atoms with Gasteiger partial charge in [-0.25, -0.2) is 19.2 Å². The fourth-order valence-corrected chi connectivity index (χ4v) is 4.32. The number of aromatic nitrogens is 1. The molecule has 1 fully saturated rings. The topological polar surface area (TPSA) is 97.5 Å². The highest BCUT2D eigenvalue weighted by atomic mass is 79.9. The molecule has 0 bridgehead atoms. The van der Waals surface area contributed by atoms with Gasteiger partial charge < -0.3 is 10.2 Å². The average Bonchev–Trinajstić information content (AvgIpc) is 2.83. The Hall–Kier alpha value is -0.740. The van der Waals surface area contributed by atoms with E-state index in [9.17, 15) is 8.42 Å². The van der Waals surface area contributed by atoms with E-state index in [1.54, 1.807) is 7.05 Å².